The summed E-state index contributed by atoms with van der Waals surface area (Å²) in [4.78, 5) is 41.3. The van der Waals surface area contributed by atoms with Crippen molar-refractivity contribution in [1.82, 2.24) is 15.6 Å². The smallest absolute Gasteiger partial charge is 0.408 e. The summed E-state index contributed by atoms with van der Waals surface area (Å²) in [7, 11) is 1.63. The van der Waals surface area contributed by atoms with Crippen molar-refractivity contribution in [3.05, 3.63) is 136 Å². The van der Waals surface area contributed by atoms with Crippen LogP contribution < -0.4 is 25.7 Å². The minimum atomic E-state index is -0.764. The molecule has 8 rings (SSSR count). The third-order valence-corrected chi connectivity index (χ3v) is 12.6. The van der Waals surface area contributed by atoms with E-state index in [9.17, 15) is 24.6 Å². The van der Waals surface area contributed by atoms with Crippen LogP contribution in [0.2, 0.25) is 0 Å². The molecule has 3 atom stereocenters. The molecule has 1 amide bonds. The number of carbonyl (C=O) groups excluding carboxylic acids is 2. The number of amides is 1. The Kier molecular flexibility index (Phi) is 15.3. The summed E-state index contributed by atoms with van der Waals surface area (Å²) in [5.74, 6) is 1.65. The largest absolute Gasteiger partial charge is 0.506 e. The molecule has 0 saturated carbocycles. The molecule has 4 aromatic carbocycles. The molecular formula is C50H61N4O8+. The molecule has 2 unspecified atom stereocenters. The Morgan fingerprint density at radius 2 is 1.53 bits per heavy atom. The number of ketones is 1. The lowest BCUT2D eigenvalue weighted by atomic mass is 9.83. The predicted molar refractivity (Wildman–Crippen MR) is 240 cm³/mol. The van der Waals surface area contributed by atoms with Gasteiger partial charge in [-0.15, -0.1) is 0 Å². The summed E-state index contributed by atoms with van der Waals surface area (Å²) in [5.41, 5.74) is 3.19. The van der Waals surface area contributed by atoms with Gasteiger partial charge in [0.1, 0.15) is 18.8 Å². The van der Waals surface area contributed by atoms with E-state index in [4.69, 9.17) is 14.2 Å². The summed E-state index contributed by atoms with van der Waals surface area (Å²) >= 11 is 0. The van der Waals surface area contributed by atoms with Crippen LogP contribution in [-0.4, -0.2) is 90.6 Å². The maximum absolute atomic E-state index is 13.7. The zero-order valence-corrected chi connectivity index (χ0v) is 35.7. The topological polar surface area (TPSA) is 159 Å². The maximum atomic E-state index is 13.7. The van der Waals surface area contributed by atoms with E-state index in [1.54, 1.807) is 19.2 Å². The van der Waals surface area contributed by atoms with Crippen LogP contribution in [0.3, 0.4) is 0 Å². The number of carbonyl (C=O) groups is 2. The first-order valence-corrected chi connectivity index (χ1v) is 22.2. The number of fused-ring (bicyclic) bond motifs is 4. The van der Waals surface area contributed by atoms with Crippen LogP contribution in [0.1, 0.15) is 97.0 Å². The van der Waals surface area contributed by atoms with Gasteiger partial charge in [0.25, 0.3) is 0 Å². The van der Waals surface area contributed by atoms with Gasteiger partial charge in [-0.3, -0.25) is 9.59 Å². The molecule has 12 heteroatoms. The molecular weight excluding hydrogens is 785 g/mol. The van der Waals surface area contributed by atoms with E-state index in [2.05, 4.69) is 15.6 Å². The third kappa shape index (κ3) is 11.4. The number of benzene rings is 4. The van der Waals surface area contributed by atoms with Gasteiger partial charge in [0.15, 0.2) is 17.6 Å². The molecule has 0 radical (unpaired) electrons. The van der Waals surface area contributed by atoms with Gasteiger partial charge < -0.3 is 44.5 Å². The van der Waals surface area contributed by atoms with Crippen LogP contribution in [0.25, 0.3) is 10.9 Å². The Hall–Kier alpha value is -5.69. The van der Waals surface area contributed by atoms with E-state index >= 15 is 0 Å². The maximum Gasteiger partial charge on any atom is 0.408 e. The number of pyridine rings is 1. The predicted octanol–water partition coefficient (Wildman–Crippen LogP) is 7.98. The van der Waals surface area contributed by atoms with Gasteiger partial charge in [0, 0.05) is 42.3 Å². The lowest BCUT2D eigenvalue weighted by molar-refractivity contribution is -0.938. The number of ether oxygens (including phenoxy) is 3. The number of nitrogens with zero attached hydrogens (tertiary/aromatic N) is 1. The highest BCUT2D eigenvalue weighted by Gasteiger charge is 2.48. The second-order valence-electron chi connectivity index (χ2n) is 16.9. The second kappa shape index (κ2) is 21.4. The minimum Gasteiger partial charge on any atom is -0.506 e. The first kappa shape index (κ1) is 44.4. The number of aromatic hydroxyl groups is 1. The molecule has 1 aromatic heterocycles. The average molecular weight is 846 g/mol. The van der Waals surface area contributed by atoms with Crippen LogP contribution in [0.4, 0.5) is 4.79 Å². The normalized spacial score (nSPS) is 19.1. The number of aromatic amines is 1. The molecule has 5 aromatic rings. The standard InChI is InChI=1S/C50H60N4O8/c1-60-44-23-19-38(31-45(44)61-30-14-6-4-2-3-5-13-27-51-32-42(56)39-20-22-41(55)49-40(39)21-24-47(58)52-49)48(37-17-11-8-12-18-37)53-50(59)62-46-34-54(28-25-36(46)26-29-54)33-43(57)35-15-9-7-10-16-35/h7-12,15-24,31,36,42,46,48,51,56H,2-6,13-14,25-30,32-34H2,1H3,(H2-,52,53,55,58,59)/p+1/t36?,42-,46?,48?,54?/m0/s1. The number of phenolic OH excluding ortho intramolecular Hbond substituents is 1. The van der Waals surface area contributed by atoms with Crippen molar-refractivity contribution in [3.63, 3.8) is 0 Å². The van der Waals surface area contributed by atoms with Gasteiger partial charge in [-0.2, -0.15) is 0 Å². The molecule has 3 aliphatic rings. The number of phenols is 1. The van der Waals surface area contributed by atoms with E-state index in [1.807, 2.05) is 78.9 Å². The molecule has 0 aliphatic carbocycles. The van der Waals surface area contributed by atoms with Crippen LogP contribution >= 0.6 is 0 Å². The highest BCUT2D eigenvalue weighted by Crippen LogP contribution is 2.37. The number of hydrogen-bond donors (Lipinski definition) is 5. The number of aliphatic hydroxyl groups is 1. The second-order valence-corrected chi connectivity index (χ2v) is 16.9. The summed E-state index contributed by atoms with van der Waals surface area (Å²) in [6.45, 7) is 4.62. The van der Waals surface area contributed by atoms with E-state index in [0.717, 1.165) is 94.1 Å². The summed E-state index contributed by atoms with van der Waals surface area (Å²) < 4.78 is 18.8. The van der Waals surface area contributed by atoms with Gasteiger partial charge in [-0.1, -0.05) is 105 Å². The van der Waals surface area contributed by atoms with Crippen molar-refractivity contribution in [3.8, 4) is 17.2 Å². The number of unbranched alkanes of at least 4 members (excludes halogenated alkanes) is 6. The zero-order valence-electron chi connectivity index (χ0n) is 35.7. The van der Waals surface area contributed by atoms with Crippen molar-refractivity contribution in [2.24, 2.45) is 5.92 Å². The van der Waals surface area contributed by atoms with Gasteiger partial charge in [0.05, 0.1) is 44.5 Å². The Balaban J connectivity index is 0.841. The highest BCUT2D eigenvalue weighted by atomic mass is 16.6. The fourth-order valence-corrected chi connectivity index (χ4v) is 9.19. The molecule has 3 fully saturated rings. The summed E-state index contributed by atoms with van der Waals surface area (Å²) in [5, 5.41) is 28.0. The van der Waals surface area contributed by atoms with Gasteiger partial charge in [-0.25, -0.2) is 4.79 Å². The number of methoxy groups -OCH3 is 1. The van der Waals surface area contributed by atoms with Gasteiger partial charge in [0.2, 0.25) is 11.3 Å². The van der Waals surface area contributed by atoms with E-state index < -0.39 is 18.2 Å². The molecule has 3 saturated heterocycles. The summed E-state index contributed by atoms with van der Waals surface area (Å²) in [6, 6.07) is 30.8. The minimum absolute atomic E-state index is 0.0200. The fourth-order valence-electron chi connectivity index (χ4n) is 9.19. The lowest BCUT2D eigenvalue weighted by Crippen LogP contribution is -2.66. The Bertz CT molecular complexity index is 2290. The van der Waals surface area contributed by atoms with E-state index in [-0.39, 0.29) is 29.1 Å². The van der Waals surface area contributed by atoms with Crippen molar-refractivity contribution >= 4 is 22.8 Å². The number of quaternary nitrogens is 1. The van der Waals surface area contributed by atoms with Crippen LogP contribution in [0.5, 0.6) is 17.2 Å². The van der Waals surface area contributed by atoms with E-state index in [0.29, 0.717) is 58.7 Å². The van der Waals surface area contributed by atoms with Crippen molar-refractivity contribution in [2.45, 2.75) is 76.0 Å². The van der Waals surface area contributed by atoms with Crippen molar-refractivity contribution in [2.75, 3.05) is 53.0 Å². The van der Waals surface area contributed by atoms with Crippen LogP contribution in [-0.2, 0) is 4.74 Å². The average Bonchev–Trinajstić information content (AvgIpc) is 3.29. The van der Waals surface area contributed by atoms with Crippen molar-refractivity contribution < 1.29 is 38.5 Å². The molecule has 4 heterocycles. The zero-order chi connectivity index (χ0) is 43.3. The monoisotopic (exact) mass is 845 g/mol. The highest BCUT2D eigenvalue weighted by molar-refractivity contribution is 5.97. The Morgan fingerprint density at radius 1 is 0.823 bits per heavy atom. The van der Waals surface area contributed by atoms with Crippen LogP contribution in [0, 0.1) is 5.92 Å². The third-order valence-electron chi connectivity index (χ3n) is 12.6. The first-order chi connectivity index (χ1) is 30.2. The number of nitrogens with one attached hydrogen (secondary N) is 3. The van der Waals surface area contributed by atoms with Gasteiger partial charge >= 0.3 is 6.09 Å². The number of aliphatic hydroxyl groups excluding tert-OH is 1. The number of hydrogen-bond acceptors (Lipinski definition) is 9. The van der Waals surface area contributed by atoms with Crippen LogP contribution in [0.15, 0.2) is 108 Å². The number of alkyl carbamates (subject to hydrolysis) is 1. The SMILES string of the molecule is COc1ccc(C(NC(=O)OC2C[N+]3(CC(=O)c4ccccc4)CCC2CC3)c2ccccc2)cc1OCCCCCCCCCNC[C@H](O)c1ccc(O)c2[nH]c(=O)ccc12. The van der Waals surface area contributed by atoms with Gasteiger partial charge in [-0.05, 0) is 60.3 Å². The summed E-state index contributed by atoms with van der Waals surface area (Å²) in [6.07, 6.45) is 7.77. The lowest BCUT2D eigenvalue weighted by Gasteiger charge is -2.51. The first-order valence-electron chi connectivity index (χ1n) is 22.2. The molecule has 12 nitrogen and oxygen atoms in total. The molecule has 5 N–H and O–H groups in total. The quantitative estimate of drug-likeness (QED) is 0.0265. The Labute approximate surface area is 363 Å². The molecule has 328 valence electrons. The number of Topliss-reactive ketones (excluding diaryl/α,β-unsaturated/α-hetero) is 1. The molecule has 0 spiro atoms. The van der Waals surface area contributed by atoms with E-state index in [1.165, 1.54) is 12.1 Å². The number of H-pyrrole nitrogens is 1. The number of piperidine rings is 3. The fraction of sp³-hybridized carbons (Fsp3) is 0.420. The Morgan fingerprint density at radius 3 is 2.27 bits per heavy atom. The molecule has 2 bridgehead atoms. The number of aromatic nitrogens is 1. The number of rotatable bonds is 22. The van der Waals surface area contributed by atoms with Crippen molar-refractivity contribution in [1.29, 1.82) is 0 Å². The molecule has 3 aliphatic heterocycles. The molecule has 62 heavy (non-hydrogen) atoms.